The van der Waals surface area contributed by atoms with Gasteiger partial charge in [0.1, 0.15) is 12.1 Å². The molecule has 0 spiro atoms. The standard InChI is InChI=1S/C16H22N2O4S/c1-10(2)14(16(21)22)18-15(20)12(9-23)17-13(19)8-11-6-4-3-5-7-11/h3-7,10,12,14,23H,8-9H2,1-2H3,(H,17,19)(H,18,20)(H,21,22)/t12-,14+/m0/s1. The summed E-state index contributed by atoms with van der Waals surface area (Å²) >= 11 is 4.06. The zero-order valence-electron chi connectivity index (χ0n) is 13.2. The van der Waals surface area contributed by atoms with Crippen molar-refractivity contribution in [2.45, 2.75) is 32.4 Å². The van der Waals surface area contributed by atoms with Gasteiger partial charge in [-0.05, 0) is 11.5 Å². The second-order valence-corrected chi connectivity index (χ2v) is 5.90. The lowest BCUT2D eigenvalue weighted by molar-refractivity contribution is -0.143. The molecule has 0 aliphatic carbocycles. The van der Waals surface area contributed by atoms with Gasteiger partial charge in [-0.15, -0.1) is 0 Å². The molecule has 3 N–H and O–H groups in total. The van der Waals surface area contributed by atoms with Crippen molar-refractivity contribution in [3.05, 3.63) is 35.9 Å². The summed E-state index contributed by atoms with van der Waals surface area (Å²) in [5.41, 5.74) is 0.828. The summed E-state index contributed by atoms with van der Waals surface area (Å²) in [5.74, 6) is -2.17. The van der Waals surface area contributed by atoms with E-state index in [1.807, 2.05) is 30.3 Å². The predicted octanol–water partition coefficient (Wildman–Crippen LogP) is 0.869. The number of hydrogen-bond donors (Lipinski definition) is 4. The molecule has 126 valence electrons. The van der Waals surface area contributed by atoms with Crippen molar-refractivity contribution in [1.82, 2.24) is 10.6 Å². The zero-order chi connectivity index (χ0) is 17.4. The minimum atomic E-state index is -1.11. The summed E-state index contributed by atoms with van der Waals surface area (Å²) in [6.45, 7) is 3.39. The number of thiol groups is 1. The summed E-state index contributed by atoms with van der Waals surface area (Å²) in [4.78, 5) is 35.3. The van der Waals surface area contributed by atoms with Gasteiger partial charge in [0, 0.05) is 5.75 Å². The van der Waals surface area contributed by atoms with Crippen LogP contribution in [0.25, 0.3) is 0 Å². The molecule has 1 aromatic rings. The first-order valence-electron chi connectivity index (χ1n) is 7.32. The van der Waals surface area contributed by atoms with Crippen LogP contribution in [0.3, 0.4) is 0 Å². The maximum atomic E-state index is 12.1. The van der Waals surface area contributed by atoms with Crippen LogP contribution in [0.1, 0.15) is 19.4 Å². The molecule has 6 nitrogen and oxygen atoms in total. The molecular formula is C16H22N2O4S. The van der Waals surface area contributed by atoms with Gasteiger partial charge in [-0.1, -0.05) is 44.2 Å². The smallest absolute Gasteiger partial charge is 0.326 e. The molecule has 0 fully saturated rings. The summed E-state index contributed by atoms with van der Waals surface area (Å²) in [5, 5.41) is 14.1. The molecule has 23 heavy (non-hydrogen) atoms. The fourth-order valence-electron chi connectivity index (χ4n) is 1.99. The topological polar surface area (TPSA) is 95.5 Å². The highest BCUT2D eigenvalue weighted by Crippen LogP contribution is 2.04. The number of carbonyl (C=O) groups excluding carboxylic acids is 2. The molecule has 1 rings (SSSR count). The van der Waals surface area contributed by atoms with Gasteiger partial charge in [0.2, 0.25) is 11.8 Å². The Labute approximate surface area is 141 Å². The Morgan fingerprint density at radius 1 is 1.13 bits per heavy atom. The molecule has 0 heterocycles. The number of aliphatic carboxylic acids is 1. The third-order valence-corrected chi connectivity index (χ3v) is 3.64. The average Bonchev–Trinajstić information content (AvgIpc) is 2.50. The molecule has 0 bridgehead atoms. The summed E-state index contributed by atoms with van der Waals surface area (Å²) in [7, 11) is 0. The van der Waals surface area contributed by atoms with Crippen LogP contribution in [-0.2, 0) is 20.8 Å². The van der Waals surface area contributed by atoms with Crippen molar-refractivity contribution in [3.63, 3.8) is 0 Å². The van der Waals surface area contributed by atoms with E-state index in [0.29, 0.717) is 0 Å². The summed E-state index contributed by atoms with van der Waals surface area (Å²) in [6.07, 6.45) is 0.144. The first-order valence-corrected chi connectivity index (χ1v) is 7.95. The highest BCUT2D eigenvalue weighted by Gasteiger charge is 2.27. The van der Waals surface area contributed by atoms with Gasteiger partial charge in [0.05, 0.1) is 6.42 Å². The molecule has 0 aliphatic heterocycles. The molecule has 1 aromatic carbocycles. The lowest BCUT2D eigenvalue weighted by Gasteiger charge is -2.22. The van der Waals surface area contributed by atoms with E-state index >= 15 is 0 Å². The average molecular weight is 338 g/mol. The van der Waals surface area contributed by atoms with E-state index in [1.54, 1.807) is 13.8 Å². The highest BCUT2D eigenvalue weighted by atomic mass is 32.1. The molecule has 0 radical (unpaired) electrons. The molecule has 0 unspecified atom stereocenters. The van der Waals surface area contributed by atoms with Crippen molar-refractivity contribution >= 4 is 30.4 Å². The lowest BCUT2D eigenvalue weighted by Crippen LogP contribution is -2.54. The number of benzene rings is 1. The number of nitrogens with one attached hydrogen (secondary N) is 2. The molecule has 7 heteroatoms. The largest absolute Gasteiger partial charge is 0.480 e. The van der Waals surface area contributed by atoms with Crippen LogP contribution in [0.15, 0.2) is 30.3 Å². The molecule has 0 saturated heterocycles. The first-order chi connectivity index (χ1) is 10.8. The van der Waals surface area contributed by atoms with Crippen LogP contribution in [0, 0.1) is 5.92 Å². The molecule has 0 saturated carbocycles. The van der Waals surface area contributed by atoms with Crippen LogP contribution in [0.4, 0.5) is 0 Å². The fourth-order valence-corrected chi connectivity index (χ4v) is 2.25. The molecule has 2 atom stereocenters. The monoisotopic (exact) mass is 338 g/mol. The molecular weight excluding hydrogens is 316 g/mol. The maximum Gasteiger partial charge on any atom is 0.326 e. The minimum absolute atomic E-state index is 0.0802. The van der Waals surface area contributed by atoms with Crippen molar-refractivity contribution < 1.29 is 19.5 Å². The van der Waals surface area contributed by atoms with E-state index in [0.717, 1.165) is 5.56 Å². The number of amides is 2. The Bertz CT molecular complexity index is 548. The van der Waals surface area contributed by atoms with Crippen LogP contribution in [0.2, 0.25) is 0 Å². The predicted molar refractivity (Wildman–Crippen MR) is 90.3 cm³/mol. The summed E-state index contributed by atoms with van der Waals surface area (Å²) in [6, 6.07) is 7.25. The second-order valence-electron chi connectivity index (χ2n) is 5.53. The Morgan fingerprint density at radius 3 is 2.22 bits per heavy atom. The van der Waals surface area contributed by atoms with Gasteiger partial charge in [0.25, 0.3) is 0 Å². The molecule has 0 aliphatic rings. The number of carboxylic acid groups (broad SMARTS) is 1. The Morgan fingerprint density at radius 2 is 1.74 bits per heavy atom. The Kier molecular flexibility index (Phi) is 7.61. The van der Waals surface area contributed by atoms with E-state index in [4.69, 9.17) is 5.11 Å². The third-order valence-electron chi connectivity index (χ3n) is 3.27. The zero-order valence-corrected chi connectivity index (χ0v) is 14.0. The molecule has 0 aromatic heterocycles. The van der Waals surface area contributed by atoms with Gasteiger partial charge in [-0.3, -0.25) is 9.59 Å². The number of carboxylic acids is 1. The highest BCUT2D eigenvalue weighted by molar-refractivity contribution is 7.80. The minimum Gasteiger partial charge on any atom is -0.480 e. The second kappa shape index (κ2) is 9.19. The van der Waals surface area contributed by atoms with Crippen molar-refractivity contribution in [2.75, 3.05) is 5.75 Å². The molecule has 2 amide bonds. The van der Waals surface area contributed by atoms with Crippen molar-refractivity contribution in [1.29, 1.82) is 0 Å². The van der Waals surface area contributed by atoms with E-state index in [-0.39, 0.29) is 24.0 Å². The fraction of sp³-hybridized carbons (Fsp3) is 0.438. The Hall–Kier alpha value is -2.02. The number of carbonyl (C=O) groups is 3. The van der Waals surface area contributed by atoms with Crippen LogP contribution in [0.5, 0.6) is 0 Å². The van der Waals surface area contributed by atoms with Crippen LogP contribution in [-0.4, -0.2) is 40.7 Å². The lowest BCUT2D eigenvalue weighted by atomic mass is 10.0. The van der Waals surface area contributed by atoms with E-state index < -0.39 is 24.0 Å². The first kappa shape index (κ1) is 19.0. The number of rotatable bonds is 8. The maximum absolute atomic E-state index is 12.1. The van der Waals surface area contributed by atoms with Crippen LogP contribution >= 0.6 is 12.6 Å². The van der Waals surface area contributed by atoms with Crippen LogP contribution < -0.4 is 10.6 Å². The van der Waals surface area contributed by atoms with Gasteiger partial charge in [0.15, 0.2) is 0 Å². The van der Waals surface area contributed by atoms with E-state index in [2.05, 4.69) is 23.3 Å². The van der Waals surface area contributed by atoms with E-state index in [9.17, 15) is 14.4 Å². The quantitative estimate of drug-likeness (QED) is 0.529. The third kappa shape index (κ3) is 6.32. The van der Waals surface area contributed by atoms with E-state index in [1.165, 1.54) is 0 Å². The van der Waals surface area contributed by atoms with Gasteiger partial charge >= 0.3 is 5.97 Å². The number of hydrogen-bond acceptors (Lipinski definition) is 4. The van der Waals surface area contributed by atoms with Gasteiger partial charge < -0.3 is 15.7 Å². The normalized spacial score (nSPS) is 13.2. The Balaban J connectivity index is 2.63. The summed E-state index contributed by atoms with van der Waals surface area (Å²) < 4.78 is 0. The van der Waals surface area contributed by atoms with Crippen molar-refractivity contribution in [2.24, 2.45) is 5.92 Å². The SMILES string of the molecule is CC(C)[C@@H](NC(=O)[C@H](CS)NC(=O)Cc1ccccc1)C(=O)O. The van der Waals surface area contributed by atoms with Gasteiger partial charge in [-0.25, -0.2) is 4.79 Å². The van der Waals surface area contributed by atoms with Gasteiger partial charge in [-0.2, -0.15) is 12.6 Å². The van der Waals surface area contributed by atoms with Crippen molar-refractivity contribution in [3.8, 4) is 0 Å².